The van der Waals surface area contributed by atoms with Crippen LogP contribution >= 0.6 is 12.2 Å². The van der Waals surface area contributed by atoms with E-state index in [4.69, 9.17) is 17.3 Å². The van der Waals surface area contributed by atoms with E-state index in [0.29, 0.717) is 22.6 Å². The number of carbonyl (C=O) groups excluding carboxylic acids is 1. The minimum Gasteiger partial charge on any atom is -0.480 e. The van der Waals surface area contributed by atoms with Crippen LogP contribution in [0, 0.1) is 4.77 Å². The molecule has 0 saturated heterocycles. The Bertz CT molecular complexity index is 1150. The molecule has 0 bridgehead atoms. The summed E-state index contributed by atoms with van der Waals surface area (Å²) in [5, 5.41) is 21.9. The lowest BCUT2D eigenvalue weighted by Crippen LogP contribution is -2.24. The molecule has 3 aromatic rings. The third-order valence-corrected chi connectivity index (χ3v) is 4.27. The van der Waals surface area contributed by atoms with Gasteiger partial charge in [0, 0.05) is 23.1 Å². The van der Waals surface area contributed by atoms with Gasteiger partial charge in [-0.1, -0.05) is 29.0 Å². The van der Waals surface area contributed by atoms with Gasteiger partial charge in [-0.3, -0.25) is 9.59 Å². The minimum atomic E-state index is -0.974. The van der Waals surface area contributed by atoms with E-state index in [1.54, 1.807) is 66.9 Å². The molecule has 3 rings (SSSR count). The van der Waals surface area contributed by atoms with Crippen molar-refractivity contribution < 1.29 is 14.7 Å². The van der Waals surface area contributed by atoms with Gasteiger partial charge in [0.2, 0.25) is 4.77 Å². The highest BCUT2D eigenvalue weighted by Crippen LogP contribution is 2.18. The highest BCUT2D eigenvalue weighted by molar-refractivity contribution is 7.71. The van der Waals surface area contributed by atoms with Crippen molar-refractivity contribution in [3.8, 4) is 5.69 Å². The maximum absolute atomic E-state index is 12.6. The Labute approximate surface area is 176 Å². The molecular formula is C20H18N6O3S. The zero-order valence-electron chi connectivity index (χ0n) is 15.7. The standard InChI is InChI=1S/C20H18N6O3S/c1-2-3-11-25(13-18(27)28)16-9-7-14(8-10-16)19(29)21-15-5-4-6-17(12-15)26-20(30)22-23-24-26/h2-12H,1,13H2,(H,21,29)(H,27,28)(H,22,24,30)/b11-3+. The third kappa shape index (κ3) is 5.06. The van der Waals surface area contributed by atoms with E-state index in [0.717, 1.165) is 0 Å². The zero-order valence-corrected chi connectivity index (χ0v) is 16.5. The molecule has 1 amide bonds. The number of anilines is 2. The predicted octanol–water partition coefficient (Wildman–Crippen LogP) is 3.17. The van der Waals surface area contributed by atoms with Gasteiger partial charge in [0.15, 0.2) is 0 Å². The number of hydrogen-bond donors (Lipinski definition) is 3. The molecule has 0 saturated carbocycles. The second-order valence-electron chi connectivity index (χ2n) is 6.07. The summed E-state index contributed by atoms with van der Waals surface area (Å²) in [6, 6.07) is 13.7. The molecule has 0 aliphatic carbocycles. The fourth-order valence-electron chi connectivity index (χ4n) is 2.64. The fourth-order valence-corrected chi connectivity index (χ4v) is 2.82. The number of H-pyrrole nitrogens is 1. The number of nitrogens with zero attached hydrogens (tertiary/aromatic N) is 4. The summed E-state index contributed by atoms with van der Waals surface area (Å²) in [5.41, 5.74) is 2.30. The van der Waals surface area contributed by atoms with E-state index < -0.39 is 5.97 Å². The van der Waals surface area contributed by atoms with Gasteiger partial charge >= 0.3 is 5.97 Å². The highest BCUT2D eigenvalue weighted by Gasteiger charge is 2.11. The van der Waals surface area contributed by atoms with E-state index in [9.17, 15) is 9.59 Å². The molecule has 2 aromatic carbocycles. The van der Waals surface area contributed by atoms with Crippen molar-refractivity contribution in [2.45, 2.75) is 0 Å². The molecule has 0 atom stereocenters. The van der Waals surface area contributed by atoms with Gasteiger partial charge in [0.1, 0.15) is 6.54 Å². The highest BCUT2D eigenvalue weighted by atomic mass is 32.1. The number of nitrogens with one attached hydrogen (secondary N) is 2. The lowest BCUT2D eigenvalue weighted by Gasteiger charge is -2.18. The van der Waals surface area contributed by atoms with Crippen molar-refractivity contribution in [3.05, 3.63) is 83.8 Å². The van der Waals surface area contributed by atoms with Gasteiger partial charge in [0.05, 0.1) is 5.69 Å². The molecule has 0 aliphatic heterocycles. The molecule has 0 spiro atoms. The van der Waals surface area contributed by atoms with Crippen molar-refractivity contribution in [1.82, 2.24) is 20.2 Å². The van der Waals surface area contributed by atoms with E-state index >= 15 is 0 Å². The number of rotatable bonds is 8. The molecule has 1 heterocycles. The Morgan fingerprint density at radius 3 is 2.67 bits per heavy atom. The second-order valence-corrected chi connectivity index (χ2v) is 6.43. The molecule has 1 aromatic heterocycles. The van der Waals surface area contributed by atoms with Crippen LogP contribution in [0.25, 0.3) is 5.69 Å². The zero-order chi connectivity index (χ0) is 21.5. The minimum absolute atomic E-state index is 0.215. The van der Waals surface area contributed by atoms with Gasteiger partial charge in [-0.25, -0.2) is 4.68 Å². The number of amides is 1. The molecule has 0 fully saturated rings. The third-order valence-electron chi connectivity index (χ3n) is 4.00. The summed E-state index contributed by atoms with van der Waals surface area (Å²) >= 11 is 5.08. The van der Waals surface area contributed by atoms with Gasteiger partial charge < -0.3 is 15.3 Å². The number of tetrazole rings is 1. The van der Waals surface area contributed by atoms with Crippen LogP contribution in [0.5, 0.6) is 0 Å². The average molecular weight is 422 g/mol. The van der Waals surface area contributed by atoms with Crippen LogP contribution in [-0.4, -0.2) is 43.7 Å². The van der Waals surface area contributed by atoms with E-state index in [-0.39, 0.29) is 17.2 Å². The first-order valence-corrected chi connectivity index (χ1v) is 9.18. The van der Waals surface area contributed by atoms with Crippen LogP contribution in [-0.2, 0) is 4.79 Å². The maximum atomic E-state index is 12.6. The number of benzene rings is 2. The first-order chi connectivity index (χ1) is 14.5. The maximum Gasteiger partial charge on any atom is 0.323 e. The predicted molar refractivity (Wildman–Crippen MR) is 115 cm³/mol. The lowest BCUT2D eigenvalue weighted by atomic mass is 10.1. The summed E-state index contributed by atoms with van der Waals surface area (Å²) in [6.07, 6.45) is 4.80. The number of aliphatic carboxylic acids is 1. The smallest absolute Gasteiger partial charge is 0.323 e. The Kier molecular flexibility index (Phi) is 6.50. The Morgan fingerprint density at radius 2 is 2.03 bits per heavy atom. The molecule has 152 valence electrons. The van der Waals surface area contributed by atoms with Gasteiger partial charge in [-0.05, 0) is 60.8 Å². The summed E-state index contributed by atoms with van der Waals surface area (Å²) in [5.74, 6) is -1.28. The first-order valence-electron chi connectivity index (χ1n) is 8.77. The molecule has 30 heavy (non-hydrogen) atoms. The van der Waals surface area contributed by atoms with Crippen LogP contribution < -0.4 is 10.2 Å². The van der Waals surface area contributed by atoms with Crippen LogP contribution in [0.3, 0.4) is 0 Å². The van der Waals surface area contributed by atoms with Gasteiger partial charge in [-0.15, -0.1) is 0 Å². The number of carboxylic acid groups (broad SMARTS) is 1. The van der Waals surface area contributed by atoms with Gasteiger partial charge in [-0.2, -0.15) is 5.21 Å². The Balaban J connectivity index is 1.75. The first kappa shape index (κ1) is 20.7. The quantitative estimate of drug-likeness (QED) is 0.377. The van der Waals surface area contributed by atoms with E-state index in [1.807, 2.05) is 0 Å². The van der Waals surface area contributed by atoms with Crippen LogP contribution in [0.15, 0.2) is 73.5 Å². The van der Waals surface area contributed by atoms with Crippen molar-refractivity contribution in [2.24, 2.45) is 0 Å². The monoisotopic (exact) mass is 422 g/mol. The number of allylic oxidation sites excluding steroid dienone is 2. The van der Waals surface area contributed by atoms with Crippen molar-refractivity contribution in [1.29, 1.82) is 0 Å². The van der Waals surface area contributed by atoms with Crippen LogP contribution in [0.1, 0.15) is 10.4 Å². The second kappa shape index (κ2) is 9.43. The number of aromatic amines is 1. The van der Waals surface area contributed by atoms with Crippen LogP contribution in [0.2, 0.25) is 0 Å². The van der Waals surface area contributed by atoms with E-state index in [2.05, 4.69) is 27.4 Å². The molecule has 9 nitrogen and oxygen atoms in total. The molecule has 3 N–H and O–H groups in total. The van der Waals surface area contributed by atoms with Crippen LogP contribution in [0.4, 0.5) is 11.4 Å². The Hall–Kier alpha value is -4.05. The normalized spacial score (nSPS) is 10.7. The SMILES string of the molecule is C=C/C=C/N(CC(=O)O)c1ccc(C(=O)Nc2cccc(-n3[nH]nnc3=S)c2)cc1. The molecule has 0 radical (unpaired) electrons. The molecular weight excluding hydrogens is 404 g/mol. The van der Waals surface area contributed by atoms with Crippen molar-refractivity contribution >= 4 is 35.5 Å². The molecule has 0 aliphatic rings. The van der Waals surface area contributed by atoms with Crippen molar-refractivity contribution in [2.75, 3.05) is 16.8 Å². The summed E-state index contributed by atoms with van der Waals surface area (Å²) in [6.45, 7) is 3.37. The number of carboxylic acids is 1. The summed E-state index contributed by atoms with van der Waals surface area (Å²) in [4.78, 5) is 25.2. The summed E-state index contributed by atoms with van der Waals surface area (Å²) < 4.78 is 1.78. The lowest BCUT2D eigenvalue weighted by molar-refractivity contribution is -0.135. The number of hydrogen-bond acceptors (Lipinski definition) is 6. The fraction of sp³-hybridized carbons (Fsp3) is 0.0500. The summed E-state index contributed by atoms with van der Waals surface area (Å²) in [7, 11) is 0. The molecule has 0 unspecified atom stereocenters. The van der Waals surface area contributed by atoms with Crippen molar-refractivity contribution in [3.63, 3.8) is 0 Å². The molecule has 10 heteroatoms. The Morgan fingerprint density at radius 1 is 1.27 bits per heavy atom. The van der Waals surface area contributed by atoms with Gasteiger partial charge in [0.25, 0.3) is 5.91 Å². The number of carbonyl (C=O) groups is 2. The number of aromatic nitrogens is 4. The largest absolute Gasteiger partial charge is 0.480 e. The average Bonchev–Trinajstić information content (AvgIpc) is 3.17. The topological polar surface area (TPSA) is 116 Å². The van der Waals surface area contributed by atoms with E-state index in [1.165, 1.54) is 9.58 Å².